The smallest absolute Gasteiger partial charge is 0.181 e. The molecule has 0 spiro atoms. The zero-order valence-corrected chi connectivity index (χ0v) is 11.6. The van der Waals surface area contributed by atoms with Crippen LogP contribution in [0.5, 0.6) is 0 Å². The third-order valence-corrected chi connectivity index (χ3v) is 3.26. The third-order valence-electron chi connectivity index (χ3n) is 3.26. The van der Waals surface area contributed by atoms with Crippen molar-refractivity contribution in [1.82, 2.24) is 20.1 Å². The molecule has 5 heteroatoms. The average molecular weight is 259 g/mol. The molecule has 0 saturated carbocycles. The van der Waals surface area contributed by atoms with Gasteiger partial charge in [-0.2, -0.15) is 5.10 Å². The van der Waals surface area contributed by atoms with Gasteiger partial charge in [0.2, 0.25) is 0 Å². The Hall–Kier alpha value is -1.88. The lowest BCUT2D eigenvalue weighted by molar-refractivity contribution is 0.306. The number of rotatable bonds is 6. The number of nitrogen functional groups attached to an aromatic ring is 1. The van der Waals surface area contributed by atoms with E-state index in [1.807, 2.05) is 24.3 Å². The summed E-state index contributed by atoms with van der Waals surface area (Å²) in [5.41, 5.74) is 7.40. The van der Waals surface area contributed by atoms with Crippen LogP contribution < -0.4 is 5.73 Å². The number of nitrogens with two attached hydrogens (primary N) is 1. The van der Waals surface area contributed by atoms with Crippen LogP contribution in [-0.4, -0.2) is 39.7 Å². The Kier molecular flexibility index (Phi) is 4.52. The molecule has 5 nitrogen and oxygen atoms in total. The average Bonchev–Trinajstić information content (AvgIpc) is 2.89. The molecule has 1 aromatic heterocycles. The molecule has 102 valence electrons. The van der Waals surface area contributed by atoms with E-state index in [1.54, 1.807) is 0 Å². The van der Waals surface area contributed by atoms with Crippen LogP contribution in [0.2, 0.25) is 0 Å². The number of anilines is 1. The molecule has 0 saturated heterocycles. The number of benzene rings is 1. The molecule has 0 radical (unpaired) electrons. The van der Waals surface area contributed by atoms with Gasteiger partial charge in [0.25, 0.3) is 0 Å². The number of aromatic nitrogens is 3. The van der Waals surface area contributed by atoms with Gasteiger partial charge < -0.3 is 10.6 Å². The number of aromatic amines is 1. The molecule has 0 aliphatic rings. The van der Waals surface area contributed by atoms with E-state index in [-0.39, 0.29) is 0 Å². The number of hydrogen-bond acceptors (Lipinski definition) is 4. The van der Waals surface area contributed by atoms with Gasteiger partial charge in [0.05, 0.1) is 0 Å². The molecule has 0 aliphatic heterocycles. The van der Waals surface area contributed by atoms with E-state index < -0.39 is 0 Å². The maximum Gasteiger partial charge on any atom is 0.181 e. The van der Waals surface area contributed by atoms with Crippen LogP contribution in [0.1, 0.15) is 19.7 Å². The highest BCUT2D eigenvalue weighted by Gasteiger charge is 2.07. The Bertz CT molecular complexity index is 499. The molecule has 0 fully saturated rings. The number of nitrogens with zero attached hydrogens (tertiary/aromatic N) is 3. The van der Waals surface area contributed by atoms with Gasteiger partial charge in [-0.1, -0.05) is 13.8 Å². The summed E-state index contributed by atoms with van der Waals surface area (Å²) in [6, 6.07) is 7.60. The van der Waals surface area contributed by atoms with Crippen molar-refractivity contribution in [3.8, 4) is 11.4 Å². The van der Waals surface area contributed by atoms with E-state index in [9.17, 15) is 0 Å². The maximum absolute atomic E-state index is 5.67. The normalized spacial score (nSPS) is 11.1. The highest BCUT2D eigenvalue weighted by atomic mass is 15.2. The maximum atomic E-state index is 5.67. The molecule has 0 amide bonds. The van der Waals surface area contributed by atoms with Crippen LogP contribution in [0.15, 0.2) is 24.3 Å². The highest BCUT2D eigenvalue weighted by Crippen LogP contribution is 2.16. The van der Waals surface area contributed by atoms with Crippen LogP contribution in [0, 0.1) is 0 Å². The summed E-state index contributed by atoms with van der Waals surface area (Å²) in [7, 11) is 0. The molecule has 1 heterocycles. The van der Waals surface area contributed by atoms with Crippen molar-refractivity contribution in [2.45, 2.75) is 20.3 Å². The third kappa shape index (κ3) is 3.54. The molecule has 0 bridgehead atoms. The van der Waals surface area contributed by atoms with E-state index in [0.29, 0.717) is 0 Å². The Balaban J connectivity index is 2.01. The van der Waals surface area contributed by atoms with Crippen LogP contribution in [-0.2, 0) is 6.42 Å². The fourth-order valence-corrected chi connectivity index (χ4v) is 1.97. The van der Waals surface area contributed by atoms with Gasteiger partial charge in [0, 0.05) is 24.2 Å². The van der Waals surface area contributed by atoms with Crippen molar-refractivity contribution < 1.29 is 0 Å². The number of likely N-dealkylation sites (N-methyl/N-ethyl adjacent to an activating group) is 1. The minimum atomic E-state index is 0.731. The van der Waals surface area contributed by atoms with E-state index in [0.717, 1.165) is 49.0 Å². The quantitative estimate of drug-likeness (QED) is 0.778. The molecule has 2 rings (SSSR count). The summed E-state index contributed by atoms with van der Waals surface area (Å²) >= 11 is 0. The molecule has 0 aliphatic carbocycles. The highest BCUT2D eigenvalue weighted by molar-refractivity contribution is 5.58. The van der Waals surface area contributed by atoms with Crippen LogP contribution in [0.4, 0.5) is 5.69 Å². The summed E-state index contributed by atoms with van der Waals surface area (Å²) in [5.74, 6) is 1.66. The summed E-state index contributed by atoms with van der Waals surface area (Å²) < 4.78 is 0. The van der Waals surface area contributed by atoms with Gasteiger partial charge in [0.1, 0.15) is 5.82 Å². The van der Waals surface area contributed by atoms with Crippen molar-refractivity contribution in [1.29, 1.82) is 0 Å². The van der Waals surface area contributed by atoms with E-state index in [4.69, 9.17) is 5.73 Å². The first-order valence-electron chi connectivity index (χ1n) is 6.72. The largest absolute Gasteiger partial charge is 0.399 e. The second-order valence-electron chi connectivity index (χ2n) is 4.50. The minimum Gasteiger partial charge on any atom is -0.399 e. The van der Waals surface area contributed by atoms with Gasteiger partial charge >= 0.3 is 0 Å². The molecule has 0 atom stereocenters. The zero-order chi connectivity index (χ0) is 13.7. The lowest BCUT2D eigenvalue weighted by atomic mass is 10.2. The first-order valence-corrected chi connectivity index (χ1v) is 6.72. The molecular formula is C14H21N5. The van der Waals surface area contributed by atoms with Gasteiger partial charge in [-0.05, 0) is 37.4 Å². The van der Waals surface area contributed by atoms with Gasteiger partial charge in [0.15, 0.2) is 5.82 Å². The Morgan fingerprint density at radius 2 is 1.84 bits per heavy atom. The second kappa shape index (κ2) is 6.33. The van der Waals surface area contributed by atoms with E-state index >= 15 is 0 Å². The molecule has 0 unspecified atom stereocenters. The van der Waals surface area contributed by atoms with Gasteiger partial charge in [-0.15, -0.1) is 0 Å². The summed E-state index contributed by atoms with van der Waals surface area (Å²) in [4.78, 5) is 6.88. The molecule has 2 aromatic rings. The summed E-state index contributed by atoms with van der Waals surface area (Å²) in [5, 5.41) is 7.25. The van der Waals surface area contributed by atoms with Crippen molar-refractivity contribution >= 4 is 5.69 Å². The van der Waals surface area contributed by atoms with Gasteiger partial charge in [-0.3, -0.25) is 5.10 Å². The Morgan fingerprint density at radius 3 is 2.47 bits per heavy atom. The van der Waals surface area contributed by atoms with E-state index in [2.05, 4.69) is 33.9 Å². The summed E-state index contributed by atoms with van der Waals surface area (Å²) in [6.07, 6.45) is 0.893. The Morgan fingerprint density at radius 1 is 1.16 bits per heavy atom. The van der Waals surface area contributed by atoms with Crippen molar-refractivity contribution in [3.05, 3.63) is 30.1 Å². The van der Waals surface area contributed by atoms with Crippen molar-refractivity contribution in [2.75, 3.05) is 25.4 Å². The molecule has 3 N–H and O–H groups in total. The monoisotopic (exact) mass is 259 g/mol. The second-order valence-corrected chi connectivity index (χ2v) is 4.50. The number of H-pyrrole nitrogens is 1. The number of hydrogen-bond donors (Lipinski definition) is 2. The zero-order valence-electron chi connectivity index (χ0n) is 11.6. The fourth-order valence-electron chi connectivity index (χ4n) is 1.97. The van der Waals surface area contributed by atoms with Crippen LogP contribution in [0.3, 0.4) is 0 Å². The van der Waals surface area contributed by atoms with Crippen LogP contribution >= 0.6 is 0 Å². The van der Waals surface area contributed by atoms with Gasteiger partial charge in [-0.25, -0.2) is 4.98 Å². The predicted molar refractivity (Wildman–Crippen MR) is 77.7 cm³/mol. The fraction of sp³-hybridized carbons (Fsp3) is 0.429. The first kappa shape index (κ1) is 13.5. The molecule has 19 heavy (non-hydrogen) atoms. The van der Waals surface area contributed by atoms with Crippen molar-refractivity contribution in [2.24, 2.45) is 0 Å². The topological polar surface area (TPSA) is 70.8 Å². The SMILES string of the molecule is CCN(CC)CCc1nc(-c2ccc(N)cc2)n[nH]1. The van der Waals surface area contributed by atoms with Crippen LogP contribution in [0.25, 0.3) is 11.4 Å². The predicted octanol–water partition coefficient (Wildman–Crippen LogP) is 1.94. The standard InChI is InChI=1S/C14H21N5/c1-3-19(4-2)10-9-13-16-14(18-17-13)11-5-7-12(15)8-6-11/h5-8H,3-4,9-10,15H2,1-2H3,(H,16,17,18). The lowest BCUT2D eigenvalue weighted by Crippen LogP contribution is -2.25. The lowest BCUT2D eigenvalue weighted by Gasteiger charge is -2.16. The molecule has 1 aromatic carbocycles. The van der Waals surface area contributed by atoms with Crippen molar-refractivity contribution in [3.63, 3.8) is 0 Å². The Labute approximate surface area is 113 Å². The molecular weight excluding hydrogens is 238 g/mol. The minimum absolute atomic E-state index is 0.731. The summed E-state index contributed by atoms with van der Waals surface area (Å²) in [6.45, 7) is 7.47. The van der Waals surface area contributed by atoms with E-state index in [1.165, 1.54) is 0 Å². The number of nitrogens with one attached hydrogen (secondary N) is 1. The first-order chi connectivity index (χ1) is 9.22.